The monoisotopic (exact) mass is 336 g/mol. The topological polar surface area (TPSA) is 98.5 Å². The third-order valence-electron chi connectivity index (χ3n) is 2.11. The summed E-state index contributed by atoms with van der Waals surface area (Å²) in [5.74, 6) is -0.486. The quantitative estimate of drug-likeness (QED) is 0.614. The van der Waals surface area contributed by atoms with Gasteiger partial charge in [-0.2, -0.15) is 0 Å². The van der Waals surface area contributed by atoms with Gasteiger partial charge in [-0.1, -0.05) is 15.9 Å². The average molecular weight is 337 g/mol. The lowest BCUT2D eigenvalue weighted by Crippen LogP contribution is -2.27. The molecule has 100 valence electrons. The van der Waals surface area contributed by atoms with Gasteiger partial charge in [0.05, 0.1) is 19.2 Å². The van der Waals surface area contributed by atoms with E-state index in [9.17, 15) is 13.2 Å². The van der Waals surface area contributed by atoms with Crippen molar-refractivity contribution in [2.24, 2.45) is 0 Å². The van der Waals surface area contributed by atoms with E-state index in [0.717, 1.165) is 0 Å². The van der Waals surface area contributed by atoms with E-state index in [4.69, 9.17) is 5.73 Å². The van der Waals surface area contributed by atoms with Gasteiger partial charge in [-0.3, -0.25) is 4.79 Å². The number of nitrogens with one attached hydrogen (secondary N) is 1. The number of nitrogen functional groups attached to an aromatic ring is 1. The smallest absolute Gasteiger partial charge is 0.306 e. The SMILES string of the molecule is COC(=O)CCNS(=O)(=O)c1cc(Br)ccc1N. The molecule has 1 rings (SSSR count). The Kier molecular flexibility index (Phi) is 5.12. The van der Waals surface area contributed by atoms with Gasteiger partial charge in [-0.15, -0.1) is 0 Å². The molecule has 0 radical (unpaired) electrons. The number of carbonyl (C=O) groups excluding carboxylic acids is 1. The van der Waals surface area contributed by atoms with Crippen LogP contribution in [0.1, 0.15) is 6.42 Å². The predicted octanol–water partition coefficient (Wildman–Crippen LogP) is 0.873. The fourth-order valence-corrected chi connectivity index (χ4v) is 2.91. The van der Waals surface area contributed by atoms with E-state index in [1.54, 1.807) is 6.07 Å². The first-order valence-corrected chi connectivity index (χ1v) is 7.26. The number of nitrogens with two attached hydrogens (primary N) is 1. The van der Waals surface area contributed by atoms with Gasteiger partial charge in [0.25, 0.3) is 0 Å². The van der Waals surface area contributed by atoms with Gasteiger partial charge < -0.3 is 10.5 Å². The first-order chi connectivity index (χ1) is 8.36. The molecule has 0 unspecified atom stereocenters. The zero-order chi connectivity index (χ0) is 13.8. The fraction of sp³-hybridized carbons (Fsp3) is 0.300. The minimum absolute atomic E-state index is 0.0262. The van der Waals surface area contributed by atoms with Crippen LogP contribution < -0.4 is 10.5 Å². The molecule has 8 heteroatoms. The molecule has 1 aromatic carbocycles. The highest BCUT2D eigenvalue weighted by Crippen LogP contribution is 2.22. The van der Waals surface area contributed by atoms with Crippen molar-refractivity contribution in [3.63, 3.8) is 0 Å². The lowest BCUT2D eigenvalue weighted by molar-refractivity contribution is -0.140. The molecule has 1 aromatic rings. The summed E-state index contributed by atoms with van der Waals surface area (Å²) in [6.07, 6.45) is -0.0381. The molecule has 0 amide bonds. The van der Waals surface area contributed by atoms with Crippen molar-refractivity contribution in [1.82, 2.24) is 4.72 Å². The van der Waals surface area contributed by atoms with Crippen LogP contribution in [-0.4, -0.2) is 28.0 Å². The van der Waals surface area contributed by atoms with Crippen LogP contribution in [0.25, 0.3) is 0 Å². The lowest BCUT2D eigenvalue weighted by Gasteiger charge is -2.09. The van der Waals surface area contributed by atoms with Crippen LogP contribution in [0, 0.1) is 0 Å². The van der Waals surface area contributed by atoms with Crippen molar-refractivity contribution in [3.8, 4) is 0 Å². The maximum absolute atomic E-state index is 11.9. The molecule has 0 atom stereocenters. The summed E-state index contributed by atoms with van der Waals surface area (Å²) in [6.45, 7) is -0.0407. The van der Waals surface area contributed by atoms with E-state index in [1.165, 1.54) is 19.2 Å². The Bertz CT molecular complexity index is 545. The first kappa shape index (κ1) is 14.9. The van der Waals surface area contributed by atoms with Crippen LogP contribution >= 0.6 is 15.9 Å². The van der Waals surface area contributed by atoms with Crippen molar-refractivity contribution in [2.75, 3.05) is 19.4 Å². The van der Waals surface area contributed by atoms with E-state index >= 15 is 0 Å². The number of halogens is 1. The zero-order valence-electron chi connectivity index (χ0n) is 9.64. The van der Waals surface area contributed by atoms with Gasteiger partial charge in [0.1, 0.15) is 4.90 Å². The van der Waals surface area contributed by atoms with Crippen molar-refractivity contribution < 1.29 is 17.9 Å². The minimum Gasteiger partial charge on any atom is -0.469 e. The number of carbonyl (C=O) groups is 1. The van der Waals surface area contributed by atoms with E-state index < -0.39 is 16.0 Å². The van der Waals surface area contributed by atoms with Crippen LogP contribution in [0.3, 0.4) is 0 Å². The maximum atomic E-state index is 11.9. The van der Waals surface area contributed by atoms with Crippen LogP contribution in [-0.2, 0) is 19.6 Å². The highest BCUT2D eigenvalue weighted by atomic mass is 79.9. The number of anilines is 1. The second kappa shape index (κ2) is 6.17. The second-order valence-electron chi connectivity index (χ2n) is 3.41. The largest absolute Gasteiger partial charge is 0.469 e. The number of hydrogen-bond acceptors (Lipinski definition) is 5. The summed E-state index contributed by atoms with van der Waals surface area (Å²) in [4.78, 5) is 10.8. The molecule has 6 nitrogen and oxygen atoms in total. The Morgan fingerprint density at radius 2 is 2.17 bits per heavy atom. The van der Waals surface area contributed by atoms with Gasteiger partial charge in [0.2, 0.25) is 10.0 Å². The summed E-state index contributed by atoms with van der Waals surface area (Å²) >= 11 is 3.17. The third-order valence-corrected chi connectivity index (χ3v) is 4.12. The Morgan fingerprint density at radius 1 is 1.50 bits per heavy atom. The standard InChI is InChI=1S/C10H13BrN2O4S/c1-17-10(14)4-5-13-18(15,16)9-6-7(11)2-3-8(9)12/h2-3,6,13H,4-5,12H2,1H3. The molecule has 0 fully saturated rings. The predicted molar refractivity (Wildman–Crippen MR) is 70.4 cm³/mol. The molecular weight excluding hydrogens is 324 g/mol. The van der Waals surface area contributed by atoms with E-state index in [0.29, 0.717) is 4.47 Å². The summed E-state index contributed by atoms with van der Waals surface area (Å²) in [5, 5.41) is 0. The first-order valence-electron chi connectivity index (χ1n) is 4.98. The van der Waals surface area contributed by atoms with Crippen LogP contribution in [0.5, 0.6) is 0 Å². The van der Waals surface area contributed by atoms with Crippen LogP contribution in [0.15, 0.2) is 27.6 Å². The maximum Gasteiger partial charge on any atom is 0.306 e. The number of hydrogen-bond donors (Lipinski definition) is 2. The van der Waals surface area contributed by atoms with Crippen molar-refractivity contribution >= 4 is 37.6 Å². The fourth-order valence-electron chi connectivity index (χ4n) is 1.21. The molecule has 0 aliphatic carbocycles. The van der Waals surface area contributed by atoms with Gasteiger partial charge >= 0.3 is 5.97 Å². The van der Waals surface area contributed by atoms with Crippen LogP contribution in [0.2, 0.25) is 0 Å². The van der Waals surface area contributed by atoms with E-state index in [2.05, 4.69) is 25.4 Å². The van der Waals surface area contributed by atoms with Crippen molar-refractivity contribution in [2.45, 2.75) is 11.3 Å². The molecule has 0 saturated carbocycles. The number of benzene rings is 1. The molecule has 18 heavy (non-hydrogen) atoms. The van der Waals surface area contributed by atoms with E-state index in [-0.39, 0.29) is 23.5 Å². The van der Waals surface area contributed by atoms with Gasteiger partial charge in [0.15, 0.2) is 0 Å². The molecular formula is C10H13BrN2O4S. The third kappa shape index (κ3) is 3.97. The van der Waals surface area contributed by atoms with Crippen LogP contribution in [0.4, 0.5) is 5.69 Å². The highest BCUT2D eigenvalue weighted by molar-refractivity contribution is 9.10. The Balaban J connectivity index is 2.80. The number of rotatable bonds is 5. The average Bonchev–Trinajstić information content (AvgIpc) is 2.31. The minimum atomic E-state index is -3.73. The summed E-state index contributed by atoms with van der Waals surface area (Å²) in [6, 6.07) is 4.53. The lowest BCUT2D eigenvalue weighted by atomic mass is 10.3. The van der Waals surface area contributed by atoms with Gasteiger partial charge in [0, 0.05) is 11.0 Å². The summed E-state index contributed by atoms with van der Waals surface area (Å²) in [5.41, 5.74) is 5.74. The molecule has 0 aliphatic heterocycles. The molecule has 0 saturated heterocycles. The normalized spacial score (nSPS) is 11.2. The molecule has 0 bridgehead atoms. The Labute approximate surface area is 114 Å². The van der Waals surface area contributed by atoms with Gasteiger partial charge in [-0.05, 0) is 18.2 Å². The Morgan fingerprint density at radius 3 is 2.78 bits per heavy atom. The second-order valence-corrected chi connectivity index (χ2v) is 6.06. The van der Waals surface area contributed by atoms with Crippen molar-refractivity contribution in [3.05, 3.63) is 22.7 Å². The molecule has 0 heterocycles. The Hall–Kier alpha value is -1.12. The zero-order valence-corrected chi connectivity index (χ0v) is 12.0. The number of ether oxygens (including phenoxy) is 1. The summed E-state index contributed by atoms with van der Waals surface area (Å²) in [7, 11) is -2.49. The highest BCUT2D eigenvalue weighted by Gasteiger charge is 2.17. The number of methoxy groups -OCH3 is 1. The van der Waals surface area contributed by atoms with Gasteiger partial charge in [-0.25, -0.2) is 13.1 Å². The molecule has 0 aliphatic rings. The molecule has 3 N–H and O–H groups in total. The molecule has 0 aromatic heterocycles. The number of sulfonamides is 1. The molecule has 0 spiro atoms. The number of esters is 1. The van der Waals surface area contributed by atoms with E-state index in [1.807, 2.05) is 0 Å². The summed E-state index contributed by atoms with van der Waals surface area (Å²) < 4.78 is 31.1. The van der Waals surface area contributed by atoms with Crippen molar-refractivity contribution in [1.29, 1.82) is 0 Å².